The van der Waals surface area contributed by atoms with E-state index in [0.29, 0.717) is 36.5 Å². The Morgan fingerprint density at radius 1 is 1.11 bits per heavy atom. The van der Waals surface area contributed by atoms with Gasteiger partial charge < -0.3 is 4.90 Å². The number of hydrogen-bond donors (Lipinski definition) is 1. The van der Waals surface area contributed by atoms with Crippen LogP contribution in [0.1, 0.15) is 52.4 Å². The number of carbonyl (C=O) groups excluding carboxylic acids is 1. The molecule has 3 rings (SSSR count). The summed E-state index contributed by atoms with van der Waals surface area (Å²) in [5.74, 6) is 2.49. The molecular weight excluding hydrogens is 224 g/mol. The zero-order valence-electron chi connectivity index (χ0n) is 11.7. The van der Waals surface area contributed by atoms with Gasteiger partial charge in [0, 0.05) is 6.04 Å². The van der Waals surface area contributed by atoms with E-state index in [9.17, 15) is 4.79 Å². The highest BCUT2D eigenvalue weighted by Gasteiger charge is 2.45. The van der Waals surface area contributed by atoms with Crippen molar-refractivity contribution < 1.29 is 4.79 Å². The zero-order valence-corrected chi connectivity index (χ0v) is 11.7. The summed E-state index contributed by atoms with van der Waals surface area (Å²) in [6.45, 7) is 5.24. The molecule has 102 valence electrons. The molecule has 18 heavy (non-hydrogen) atoms. The van der Waals surface area contributed by atoms with Gasteiger partial charge in [-0.2, -0.15) is 0 Å². The van der Waals surface area contributed by atoms with Crippen molar-refractivity contribution in [2.45, 2.75) is 64.6 Å². The second-order valence-corrected chi connectivity index (χ2v) is 6.65. The topological polar surface area (TPSA) is 32.3 Å². The van der Waals surface area contributed by atoms with Crippen molar-refractivity contribution in [3.8, 4) is 0 Å². The van der Waals surface area contributed by atoms with E-state index >= 15 is 0 Å². The summed E-state index contributed by atoms with van der Waals surface area (Å²) in [6, 6.07) is 0.494. The van der Waals surface area contributed by atoms with E-state index < -0.39 is 0 Å². The Balaban J connectivity index is 1.76. The summed E-state index contributed by atoms with van der Waals surface area (Å²) in [5, 5.41) is 3.49. The third-order valence-corrected chi connectivity index (χ3v) is 5.68. The van der Waals surface area contributed by atoms with Gasteiger partial charge in [-0.3, -0.25) is 10.1 Å². The standard InChI is InChI=1S/C15H26N2O/c1-10-7-8-13(11(10)2)17-14(18)9-16-15(17)12-5-3-4-6-12/h10-13,15-16H,3-9H2,1-2H3. The Kier molecular flexibility index (Phi) is 3.35. The Hall–Kier alpha value is -0.570. The lowest BCUT2D eigenvalue weighted by Crippen LogP contribution is -2.49. The van der Waals surface area contributed by atoms with Gasteiger partial charge in [0.2, 0.25) is 5.91 Å². The highest BCUT2D eigenvalue weighted by molar-refractivity contribution is 5.81. The molecule has 1 aliphatic heterocycles. The number of nitrogens with one attached hydrogen (secondary N) is 1. The average Bonchev–Trinajstić information content (AvgIpc) is 3.03. The molecule has 1 amide bonds. The molecule has 0 aromatic heterocycles. The van der Waals surface area contributed by atoms with Gasteiger partial charge >= 0.3 is 0 Å². The van der Waals surface area contributed by atoms with Crippen LogP contribution in [0, 0.1) is 17.8 Å². The third-order valence-electron chi connectivity index (χ3n) is 5.68. The highest BCUT2D eigenvalue weighted by atomic mass is 16.2. The van der Waals surface area contributed by atoms with Crippen LogP contribution < -0.4 is 5.32 Å². The fraction of sp³-hybridized carbons (Fsp3) is 0.933. The van der Waals surface area contributed by atoms with E-state index in [0.717, 1.165) is 5.92 Å². The molecule has 3 heteroatoms. The summed E-state index contributed by atoms with van der Waals surface area (Å²) in [6.07, 6.45) is 8.14. The molecule has 1 N–H and O–H groups in total. The van der Waals surface area contributed by atoms with Gasteiger partial charge in [-0.1, -0.05) is 26.7 Å². The molecular formula is C15H26N2O. The lowest BCUT2D eigenvalue weighted by atomic mass is 9.95. The molecule has 4 unspecified atom stereocenters. The maximum absolute atomic E-state index is 12.2. The van der Waals surface area contributed by atoms with Crippen LogP contribution in [-0.4, -0.2) is 29.6 Å². The Morgan fingerprint density at radius 2 is 1.83 bits per heavy atom. The zero-order chi connectivity index (χ0) is 12.7. The summed E-state index contributed by atoms with van der Waals surface area (Å²) in [7, 11) is 0. The van der Waals surface area contributed by atoms with E-state index in [1.54, 1.807) is 0 Å². The van der Waals surface area contributed by atoms with E-state index in [2.05, 4.69) is 24.1 Å². The summed E-state index contributed by atoms with van der Waals surface area (Å²) in [5.41, 5.74) is 0. The summed E-state index contributed by atoms with van der Waals surface area (Å²) < 4.78 is 0. The maximum Gasteiger partial charge on any atom is 0.238 e. The number of hydrogen-bond acceptors (Lipinski definition) is 2. The van der Waals surface area contributed by atoms with Gasteiger partial charge in [0.1, 0.15) is 0 Å². The van der Waals surface area contributed by atoms with Crippen molar-refractivity contribution in [3.05, 3.63) is 0 Å². The lowest BCUT2D eigenvalue weighted by molar-refractivity contribution is -0.132. The predicted molar refractivity (Wildman–Crippen MR) is 71.9 cm³/mol. The first kappa shape index (κ1) is 12.5. The molecule has 2 aliphatic carbocycles. The minimum absolute atomic E-state index is 0.345. The quantitative estimate of drug-likeness (QED) is 0.816. The fourth-order valence-electron chi connectivity index (χ4n) is 4.33. The Bertz CT molecular complexity index is 324. The predicted octanol–water partition coefficient (Wildman–Crippen LogP) is 2.37. The number of amides is 1. The smallest absolute Gasteiger partial charge is 0.238 e. The first-order chi connectivity index (χ1) is 8.68. The van der Waals surface area contributed by atoms with Crippen molar-refractivity contribution in [1.29, 1.82) is 0 Å². The minimum Gasteiger partial charge on any atom is -0.323 e. The van der Waals surface area contributed by atoms with Gasteiger partial charge in [0.15, 0.2) is 0 Å². The van der Waals surface area contributed by atoms with Crippen LogP contribution in [0.4, 0.5) is 0 Å². The molecule has 4 atom stereocenters. The molecule has 1 heterocycles. The van der Waals surface area contributed by atoms with E-state index in [1.807, 2.05) is 0 Å². The van der Waals surface area contributed by atoms with Crippen LogP contribution in [0.5, 0.6) is 0 Å². The van der Waals surface area contributed by atoms with Crippen LogP contribution in [0.25, 0.3) is 0 Å². The van der Waals surface area contributed by atoms with Crippen molar-refractivity contribution in [2.75, 3.05) is 6.54 Å². The van der Waals surface area contributed by atoms with Crippen molar-refractivity contribution in [2.24, 2.45) is 17.8 Å². The Morgan fingerprint density at radius 3 is 2.44 bits per heavy atom. The lowest BCUT2D eigenvalue weighted by Gasteiger charge is -2.36. The van der Waals surface area contributed by atoms with Crippen molar-refractivity contribution in [3.63, 3.8) is 0 Å². The van der Waals surface area contributed by atoms with Gasteiger partial charge in [-0.25, -0.2) is 0 Å². The van der Waals surface area contributed by atoms with Crippen LogP contribution in [0.3, 0.4) is 0 Å². The summed E-state index contributed by atoms with van der Waals surface area (Å²) >= 11 is 0. The van der Waals surface area contributed by atoms with Crippen LogP contribution >= 0.6 is 0 Å². The molecule has 3 nitrogen and oxygen atoms in total. The maximum atomic E-state index is 12.2. The number of carbonyl (C=O) groups is 1. The molecule has 1 saturated heterocycles. The SMILES string of the molecule is CC1CCC(N2C(=O)CNC2C2CCCC2)C1C. The first-order valence-electron chi connectivity index (χ1n) is 7.73. The highest BCUT2D eigenvalue weighted by Crippen LogP contribution is 2.39. The molecule has 0 spiro atoms. The molecule has 0 bridgehead atoms. The molecule has 0 aromatic carbocycles. The van der Waals surface area contributed by atoms with Crippen molar-refractivity contribution >= 4 is 5.91 Å². The number of nitrogens with zero attached hydrogens (tertiary/aromatic N) is 1. The molecule has 2 saturated carbocycles. The van der Waals surface area contributed by atoms with Crippen LogP contribution in [-0.2, 0) is 4.79 Å². The first-order valence-corrected chi connectivity index (χ1v) is 7.73. The molecule has 3 fully saturated rings. The monoisotopic (exact) mass is 250 g/mol. The second kappa shape index (κ2) is 4.84. The number of rotatable bonds is 2. The van der Waals surface area contributed by atoms with Gasteiger partial charge in [0.05, 0.1) is 12.7 Å². The molecule has 0 aromatic rings. The largest absolute Gasteiger partial charge is 0.323 e. The van der Waals surface area contributed by atoms with Crippen LogP contribution in [0.2, 0.25) is 0 Å². The Labute approximate surface area is 110 Å². The van der Waals surface area contributed by atoms with E-state index in [1.165, 1.54) is 38.5 Å². The van der Waals surface area contributed by atoms with Gasteiger partial charge in [0.25, 0.3) is 0 Å². The summed E-state index contributed by atoms with van der Waals surface area (Å²) in [4.78, 5) is 14.5. The third kappa shape index (κ3) is 1.97. The van der Waals surface area contributed by atoms with Crippen molar-refractivity contribution in [1.82, 2.24) is 10.2 Å². The average molecular weight is 250 g/mol. The molecule has 0 radical (unpaired) electrons. The minimum atomic E-state index is 0.345. The van der Waals surface area contributed by atoms with Crippen LogP contribution in [0.15, 0.2) is 0 Å². The van der Waals surface area contributed by atoms with E-state index in [4.69, 9.17) is 0 Å². The van der Waals surface area contributed by atoms with E-state index in [-0.39, 0.29) is 0 Å². The van der Waals surface area contributed by atoms with Gasteiger partial charge in [-0.15, -0.1) is 0 Å². The molecule has 3 aliphatic rings. The van der Waals surface area contributed by atoms with Gasteiger partial charge in [-0.05, 0) is 43.4 Å². The second-order valence-electron chi connectivity index (χ2n) is 6.65. The fourth-order valence-corrected chi connectivity index (χ4v) is 4.33. The normalized spacial score (nSPS) is 42.1.